The summed E-state index contributed by atoms with van der Waals surface area (Å²) in [4.78, 5) is 36.1. The van der Waals surface area contributed by atoms with E-state index in [0.29, 0.717) is 29.2 Å². The lowest BCUT2D eigenvalue weighted by molar-refractivity contribution is -0.115. The lowest BCUT2D eigenvalue weighted by Crippen LogP contribution is -2.18. The molecule has 2 aromatic carbocycles. The summed E-state index contributed by atoms with van der Waals surface area (Å²) in [7, 11) is 1.55. The van der Waals surface area contributed by atoms with Crippen molar-refractivity contribution < 1.29 is 14.4 Å². The maximum atomic E-state index is 12.7. The number of nitrogens with zero attached hydrogens (tertiary/aromatic N) is 2. The third kappa shape index (κ3) is 4.67. The van der Waals surface area contributed by atoms with Crippen LogP contribution in [-0.2, 0) is 4.79 Å². The fraction of sp³-hybridized carbons (Fsp3) is 0.143. The van der Waals surface area contributed by atoms with Crippen molar-refractivity contribution in [3.63, 3.8) is 0 Å². The standard InChI is InChI=1S/C21H21N5O3/c1-3-19(27)24-18-13-17(25-26(18)16-7-5-4-6-8-16)21(29)23-15-11-9-14(10-12-15)20(28)22-2/h4-13H,3H2,1-2H3,(H,22,28)(H,23,29)(H,24,27). The van der Waals surface area contributed by atoms with Crippen molar-refractivity contribution >= 4 is 29.2 Å². The fourth-order valence-electron chi connectivity index (χ4n) is 2.62. The minimum atomic E-state index is -0.431. The second-order valence-electron chi connectivity index (χ2n) is 6.17. The van der Waals surface area contributed by atoms with Gasteiger partial charge in [-0.2, -0.15) is 5.10 Å². The van der Waals surface area contributed by atoms with Gasteiger partial charge in [0.25, 0.3) is 11.8 Å². The molecule has 3 N–H and O–H groups in total. The van der Waals surface area contributed by atoms with E-state index in [1.807, 2.05) is 30.3 Å². The number of rotatable bonds is 6. The fourth-order valence-corrected chi connectivity index (χ4v) is 2.62. The van der Waals surface area contributed by atoms with Crippen LogP contribution >= 0.6 is 0 Å². The predicted octanol–water partition coefficient (Wildman–Crippen LogP) is 2.83. The molecule has 29 heavy (non-hydrogen) atoms. The molecule has 148 valence electrons. The molecule has 1 heterocycles. The molecule has 0 aliphatic carbocycles. The maximum absolute atomic E-state index is 12.7. The summed E-state index contributed by atoms with van der Waals surface area (Å²) in [6.45, 7) is 1.74. The van der Waals surface area contributed by atoms with Gasteiger partial charge in [-0.3, -0.25) is 14.4 Å². The van der Waals surface area contributed by atoms with Crippen LogP contribution in [0.15, 0.2) is 60.7 Å². The van der Waals surface area contributed by atoms with Crippen LogP contribution in [0.5, 0.6) is 0 Å². The van der Waals surface area contributed by atoms with Gasteiger partial charge < -0.3 is 16.0 Å². The molecule has 3 rings (SSSR count). The zero-order chi connectivity index (χ0) is 20.8. The normalized spacial score (nSPS) is 10.3. The van der Waals surface area contributed by atoms with E-state index in [1.165, 1.54) is 10.7 Å². The van der Waals surface area contributed by atoms with E-state index in [4.69, 9.17) is 0 Å². The topological polar surface area (TPSA) is 105 Å². The van der Waals surface area contributed by atoms with Crippen molar-refractivity contribution in [1.29, 1.82) is 0 Å². The molecule has 0 saturated heterocycles. The third-order valence-electron chi connectivity index (χ3n) is 4.16. The zero-order valence-corrected chi connectivity index (χ0v) is 16.1. The lowest BCUT2D eigenvalue weighted by Gasteiger charge is -2.07. The largest absolute Gasteiger partial charge is 0.355 e. The summed E-state index contributed by atoms with van der Waals surface area (Å²) in [5.74, 6) is -0.415. The molecule has 0 aliphatic heterocycles. The molecule has 0 unspecified atom stereocenters. The Kier molecular flexibility index (Phi) is 6.03. The highest BCUT2D eigenvalue weighted by molar-refractivity contribution is 6.04. The Balaban J connectivity index is 1.85. The van der Waals surface area contributed by atoms with Crippen LogP contribution in [0, 0.1) is 0 Å². The molecule has 0 radical (unpaired) electrons. The van der Waals surface area contributed by atoms with Crippen LogP contribution in [0.4, 0.5) is 11.5 Å². The molecule has 0 atom stereocenters. The van der Waals surface area contributed by atoms with Crippen molar-refractivity contribution in [3.8, 4) is 5.69 Å². The van der Waals surface area contributed by atoms with Gasteiger partial charge in [0.2, 0.25) is 5.91 Å². The van der Waals surface area contributed by atoms with Gasteiger partial charge in [-0.1, -0.05) is 25.1 Å². The van der Waals surface area contributed by atoms with Gasteiger partial charge in [-0.05, 0) is 36.4 Å². The van der Waals surface area contributed by atoms with E-state index in [2.05, 4.69) is 21.0 Å². The average Bonchev–Trinajstić information content (AvgIpc) is 3.18. The molecule has 8 nitrogen and oxygen atoms in total. The molecule has 0 saturated carbocycles. The van der Waals surface area contributed by atoms with Gasteiger partial charge in [0, 0.05) is 30.8 Å². The Bertz CT molecular complexity index is 1030. The second-order valence-corrected chi connectivity index (χ2v) is 6.17. The number of amides is 3. The SMILES string of the molecule is CCC(=O)Nc1cc(C(=O)Nc2ccc(C(=O)NC)cc2)nn1-c1ccccc1. The van der Waals surface area contributed by atoms with Crippen molar-refractivity contribution in [3.05, 3.63) is 71.9 Å². The minimum absolute atomic E-state index is 0.149. The number of aromatic nitrogens is 2. The second kappa shape index (κ2) is 8.83. The van der Waals surface area contributed by atoms with Crippen molar-refractivity contribution in [2.75, 3.05) is 17.7 Å². The number of hydrogen-bond acceptors (Lipinski definition) is 4. The Labute approximate surface area is 167 Å². The van der Waals surface area contributed by atoms with Gasteiger partial charge >= 0.3 is 0 Å². The number of hydrogen-bond donors (Lipinski definition) is 3. The highest BCUT2D eigenvalue weighted by atomic mass is 16.2. The van der Waals surface area contributed by atoms with Crippen LogP contribution in [0.1, 0.15) is 34.2 Å². The monoisotopic (exact) mass is 391 g/mol. The van der Waals surface area contributed by atoms with Gasteiger partial charge in [-0.15, -0.1) is 0 Å². The molecule has 0 aliphatic rings. The van der Waals surface area contributed by atoms with E-state index in [0.717, 1.165) is 0 Å². The van der Waals surface area contributed by atoms with Crippen LogP contribution in [0.3, 0.4) is 0 Å². The van der Waals surface area contributed by atoms with Crippen molar-refractivity contribution in [2.24, 2.45) is 0 Å². The summed E-state index contributed by atoms with van der Waals surface area (Å²) in [5.41, 5.74) is 1.88. The quantitative estimate of drug-likeness (QED) is 0.601. The molecular weight excluding hydrogens is 370 g/mol. The van der Waals surface area contributed by atoms with Gasteiger partial charge in [0.05, 0.1) is 5.69 Å². The summed E-state index contributed by atoms with van der Waals surface area (Å²) >= 11 is 0. The Morgan fingerprint density at radius 2 is 1.62 bits per heavy atom. The Hall–Kier alpha value is -3.94. The number of benzene rings is 2. The van der Waals surface area contributed by atoms with Crippen molar-refractivity contribution in [1.82, 2.24) is 15.1 Å². The first-order chi connectivity index (χ1) is 14.0. The summed E-state index contributed by atoms with van der Waals surface area (Å²) in [6.07, 6.45) is 0.305. The van der Waals surface area contributed by atoms with Crippen LogP contribution in [0.25, 0.3) is 5.69 Å². The molecule has 8 heteroatoms. The highest BCUT2D eigenvalue weighted by Gasteiger charge is 2.17. The van der Waals surface area contributed by atoms with E-state index >= 15 is 0 Å². The Morgan fingerprint density at radius 1 is 0.931 bits per heavy atom. The first-order valence-corrected chi connectivity index (χ1v) is 9.10. The number of para-hydroxylation sites is 1. The zero-order valence-electron chi connectivity index (χ0n) is 16.1. The highest BCUT2D eigenvalue weighted by Crippen LogP contribution is 2.19. The van der Waals surface area contributed by atoms with Crippen LogP contribution < -0.4 is 16.0 Å². The van der Waals surface area contributed by atoms with Gasteiger partial charge in [-0.25, -0.2) is 4.68 Å². The number of anilines is 2. The van der Waals surface area contributed by atoms with Gasteiger partial charge in [0.1, 0.15) is 5.82 Å². The lowest BCUT2D eigenvalue weighted by atomic mass is 10.2. The van der Waals surface area contributed by atoms with E-state index in [1.54, 1.807) is 38.2 Å². The number of nitrogens with one attached hydrogen (secondary N) is 3. The molecule has 1 aromatic heterocycles. The van der Waals surface area contributed by atoms with Crippen LogP contribution in [0.2, 0.25) is 0 Å². The molecule has 3 aromatic rings. The molecule has 3 amide bonds. The summed E-state index contributed by atoms with van der Waals surface area (Å²) in [5, 5.41) is 12.4. The van der Waals surface area contributed by atoms with E-state index in [-0.39, 0.29) is 17.5 Å². The van der Waals surface area contributed by atoms with E-state index < -0.39 is 5.91 Å². The molecular formula is C21H21N5O3. The number of carbonyl (C=O) groups excluding carboxylic acids is 3. The summed E-state index contributed by atoms with van der Waals surface area (Å²) in [6, 6.07) is 17.2. The van der Waals surface area contributed by atoms with Crippen molar-refractivity contribution in [2.45, 2.75) is 13.3 Å². The maximum Gasteiger partial charge on any atom is 0.276 e. The Morgan fingerprint density at radius 3 is 2.24 bits per heavy atom. The summed E-state index contributed by atoms with van der Waals surface area (Å²) < 4.78 is 1.51. The molecule has 0 spiro atoms. The van der Waals surface area contributed by atoms with E-state index in [9.17, 15) is 14.4 Å². The average molecular weight is 391 g/mol. The van der Waals surface area contributed by atoms with Gasteiger partial charge in [0.15, 0.2) is 5.69 Å². The smallest absolute Gasteiger partial charge is 0.276 e. The van der Waals surface area contributed by atoms with Crippen LogP contribution in [-0.4, -0.2) is 34.5 Å². The first kappa shape index (κ1) is 19.8. The molecule has 0 bridgehead atoms. The minimum Gasteiger partial charge on any atom is -0.355 e. The first-order valence-electron chi connectivity index (χ1n) is 9.10. The third-order valence-corrected chi connectivity index (χ3v) is 4.16. The molecule has 0 fully saturated rings. The predicted molar refractivity (Wildman–Crippen MR) is 110 cm³/mol. The number of carbonyl (C=O) groups is 3.